The molecule has 0 spiro atoms. The van der Waals surface area contributed by atoms with Crippen LogP contribution in [-0.2, 0) is 4.74 Å². The number of ether oxygens (including phenoxy) is 2. The number of fused-ring (bicyclic) bond motifs is 1. The molecule has 4 aromatic rings. The molecular weight excluding hydrogens is 470 g/mol. The number of aryl methyl sites for hydroxylation is 1. The van der Waals surface area contributed by atoms with Crippen LogP contribution >= 0.6 is 0 Å². The molecule has 4 N–H and O–H groups in total. The lowest BCUT2D eigenvalue weighted by Crippen LogP contribution is -2.28. The van der Waals surface area contributed by atoms with Gasteiger partial charge in [-0.05, 0) is 42.8 Å². The molecule has 188 valence electrons. The Bertz CT molecular complexity index is 1390. The Morgan fingerprint density at radius 1 is 1.14 bits per heavy atom. The molecule has 0 aliphatic carbocycles. The second-order valence-electron chi connectivity index (χ2n) is 7.87. The number of nitrogens with zero attached hydrogens (tertiary/aromatic N) is 3. The summed E-state index contributed by atoms with van der Waals surface area (Å²) in [4.78, 5) is 21.2. The van der Waals surface area contributed by atoms with E-state index in [0.717, 1.165) is 5.56 Å². The first-order chi connectivity index (χ1) is 17.4. The summed E-state index contributed by atoms with van der Waals surface area (Å²) in [5.41, 5.74) is 8.15. The van der Waals surface area contributed by atoms with Crippen LogP contribution in [0.5, 0.6) is 5.75 Å². The van der Waals surface area contributed by atoms with Gasteiger partial charge in [0.25, 0.3) is 5.91 Å². The van der Waals surface area contributed by atoms with Crippen LogP contribution in [0.2, 0.25) is 0 Å². The Balaban J connectivity index is 1.54. The van der Waals surface area contributed by atoms with Gasteiger partial charge in [0.15, 0.2) is 23.0 Å². The monoisotopic (exact) mass is 496 g/mol. The van der Waals surface area contributed by atoms with Crippen LogP contribution in [0.3, 0.4) is 0 Å². The topological polar surface area (TPSA) is 116 Å². The fraction of sp³-hybridized carbons (Fsp3) is 0.240. The minimum Gasteiger partial charge on any atom is -0.494 e. The lowest BCUT2D eigenvalue weighted by atomic mass is 10.1. The van der Waals surface area contributed by atoms with Crippen LogP contribution in [0.25, 0.3) is 16.9 Å². The minimum atomic E-state index is -1.07. The first-order valence-corrected chi connectivity index (χ1v) is 11.2. The molecule has 2 aromatic carbocycles. The summed E-state index contributed by atoms with van der Waals surface area (Å²) in [5.74, 6) is -2.08. The number of rotatable bonds is 10. The Kier molecular flexibility index (Phi) is 7.71. The molecule has 0 radical (unpaired) electrons. The number of benzene rings is 2. The van der Waals surface area contributed by atoms with Crippen LogP contribution in [0.1, 0.15) is 15.9 Å². The van der Waals surface area contributed by atoms with Gasteiger partial charge in [-0.2, -0.15) is 4.39 Å². The highest BCUT2D eigenvalue weighted by Crippen LogP contribution is 2.31. The molecule has 0 aliphatic heterocycles. The Morgan fingerprint density at radius 2 is 1.97 bits per heavy atom. The lowest BCUT2D eigenvalue weighted by Gasteiger charge is -2.12. The largest absolute Gasteiger partial charge is 0.494 e. The number of hydrogen-bond donors (Lipinski definition) is 3. The number of aromatic nitrogens is 3. The van der Waals surface area contributed by atoms with Gasteiger partial charge in [-0.1, -0.05) is 0 Å². The van der Waals surface area contributed by atoms with E-state index >= 15 is 0 Å². The molecule has 11 heteroatoms. The number of methoxy groups -OCH3 is 1. The first kappa shape index (κ1) is 25.0. The highest BCUT2D eigenvalue weighted by Gasteiger charge is 2.19. The highest BCUT2D eigenvalue weighted by molar-refractivity contribution is 5.96. The summed E-state index contributed by atoms with van der Waals surface area (Å²) in [6, 6.07) is 8.07. The van der Waals surface area contributed by atoms with Gasteiger partial charge in [-0.15, -0.1) is 0 Å². The summed E-state index contributed by atoms with van der Waals surface area (Å²) in [7, 11) is 1.27. The molecule has 0 atom stereocenters. The van der Waals surface area contributed by atoms with Crippen LogP contribution in [0.4, 0.5) is 20.3 Å². The zero-order chi connectivity index (χ0) is 25.7. The van der Waals surface area contributed by atoms with Crippen molar-refractivity contribution in [1.82, 2.24) is 19.7 Å². The van der Waals surface area contributed by atoms with Gasteiger partial charge in [0.1, 0.15) is 0 Å². The van der Waals surface area contributed by atoms with Crippen molar-refractivity contribution in [3.05, 3.63) is 71.7 Å². The normalized spacial score (nSPS) is 11.0. The van der Waals surface area contributed by atoms with E-state index in [2.05, 4.69) is 20.6 Å². The van der Waals surface area contributed by atoms with Crippen LogP contribution in [-0.4, -0.2) is 53.7 Å². The maximum atomic E-state index is 14.7. The molecule has 9 nitrogen and oxygen atoms in total. The number of amides is 1. The molecule has 2 heterocycles. The quantitative estimate of drug-likeness (QED) is 0.288. The average molecular weight is 497 g/mol. The Hall–Kier alpha value is -4.09. The summed E-state index contributed by atoms with van der Waals surface area (Å²) in [5, 5.41) is 5.99. The average Bonchev–Trinajstić information content (AvgIpc) is 3.30. The third-order valence-electron chi connectivity index (χ3n) is 5.50. The predicted octanol–water partition coefficient (Wildman–Crippen LogP) is 3.44. The van der Waals surface area contributed by atoms with Gasteiger partial charge in [0.2, 0.25) is 5.82 Å². The first-order valence-electron chi connectivity index (χ1n) is 11.2. The Labute approximate surface area is 206 Å². The van der Waals surface area contributed by atoms with E-state index in [1.165, 1.54) is 31.6 Å². The number of imidazole rings is 1. The van der Waals surface area contributed by atoms with Gasteiger partial charge in [0, 0.05) is 42.3 Å². The van der Waals surface area contributed by atoms with E-state index in [-0.39, 0.29) is 17.2 Å². The second kappa shape index (κ2) is 11.1. The van der Waals surface area contributed by atoms with E-state index in [0.29, 0.717) is 54.7 Å². The molecular formula is C25H26F2N6O3. The maximum Gasteiger partial charge on any atom is 0.251 e. The smallest absolute Gasteiger partial charge is 0.251 e. The summed E-state index contributed by atoms with van der Waals surface area (Å²) in [6.45, 7) is 3.47. The molecule has 0 fully saturated rings. The van der Waals surface area contributed by atoms with E-state index in [1.54, 1.807) is 22.7 Å². The molecule has 36 heavy (non-hydrogen) atoms. The van der Waals surface area contributed by atoms with Gasteiger partial charge in [-0.25, -0.2) is 14.4 Å². The van der Waals surface area contributed by atoms with Crippen molar-refractivity contribution in [3.8, 4) is 17.0 Å². The number of hydrogen-bond acceptors (Lipinski definition) is 7. The van der Waals surface area contributed by atoms with E-state index in [9.17, 15) is 13.6 Å². The number of anilines is 2. The lowest BCUT2D eigenvalue weighted by molar-refractivity contribution is 0.0919. The van der Waals surface area contributed by atoms with Gasteiger partial charge in [0.05, 0.1) is 32.2 Å². The number of nitrogens with one attached hydrogen (secondary N) is 2. The van der Waals surface area contributed by atoms with Crippen molar-refractivity contribution in [2.24, 2.45) is 5.73 Å². The van der Waals surface area contributed by atoms with Crippen molar-refractivity contribution in [2.75, 3.05) is 38.7 Å². The number of carbonyl (C=O) groups is 1. The van der Waals surface area contributed by atoms with Crippen molar-refractivity contribution in [2.45, 2.75) is 6.92 Å². The van der Waals surface area contributed by atoms with Crippen LogP contribution in [0, 0.1) is 18.6 Å². The number of carbonyl (C=O) groups excluding carboxylic acids is 1. The highest BCUT2D eigenvalue weighted by atomic mass is 19.2. The minimum absolute atomic E-state index is 0.0394. The zero-order valence-corrected chi connectivity index (χ0v) is 19.8. The fourth-order valence-electron chi connectivity index (χ4n) is 3.74. The SMILES string of the molecule is COc1ccc(-c2cnc3c(Nc4ccc(C(=O)NCCOCCN)c(C)c4)nccn23)c(F)c1F. The van der Waals surface area contributed by atoms with E-state index in [1.807, 2.05) is 13.0 Å². The summed E-state index contributed by atoms with van der Waals surface area (Å²) < 4.78 is 40.7. The van der Waals surface area contributed by atoms with Crippen molar-refractivity contribution in [1.29, 1.82) is 0 Å². The van der Waals surface area contributed by atoms with Crippen LogP contribution in [0.15, 0.2) is 48.9 Å². The van der Waals surface area contributed by atoms with Gasteiger partial charge >= 0.3 is 0 Å². The molecule has 0 saturated carbocycles. The molecule has 0 aliphatic rings. The van der Waals surface area contributed by atoms with E-state index < -0.39 is 11.6 Å². The zero-order valence-electron chi connectivity index (χ0n) is 19.8. The van der Waals surface area contributed by atoms with Crippen LogP contribution < -0.4 is 21.1 Å². The van der Waals surface area contributed by atoms with Gasteiger partial charge in [-0.3, -0.25) is 9.20 Å². The van der Waals surface area contributed by atoms with Crippen molar-refractivity contribution in [3.63, 3.8) is 0 Å². The molecule has 4 rings (SSSR count). The molecule has 0 bridgehead atoms. The fourth-order valence-corrected chi connectivity index (χ4v) is 3.74. The third kappa shape index (κ3) is 5.11. The third-order valence-corrected chi connectivity index (χ3v) is 5.50. The number of halogens is 2. The van der Waals surface area contributed by atoms with E-state index in [4.69, 9.17) is 15.2 Å². The molecule has 0 unspecified atom stereocenters. The predicted molar refractivity (Wildman–Crippen MR) is 132 cm³/mol. The summed E-state index contributed by atoms with van der Waals surface area (Å²) in [6.07, 6.45) is 4.59. The molecule has 2 aromatic heterocycles. The molecule has 0 saturated heterocycles. The second-order valence-corrected chi connectivity index (χ2v) is 7.87. The van der Waals surface area contributed by atoms with Gasteiger partial charge < -0.3 is 25.8 Å². The van der Waals surface area contributed by atoms with Crippen molar-refractivity contribution >= 4 is 23.1 Å². The standard InChI is InChI=1S/C25H26F2N6O3/c1-15-13-16(3-4-17(15)25(34)30-9-12-36-11-7-28)32-23-24-31-14-19(33(24)10-8-29-23)18-5-6-20(35-2)22(27)21(18)26/h3-6,8,10,13-14H,7,9,11-12,28H2,1-2H3,(H,29,32)(H,30,34). The number of nitrogens with two attached hydrogens (primary N) is 1. The summed E-state index contributed by atoms with van der Waals surface area (Å²) >= 11 is 0. The molecule has 1 amide bonds. The Morgan fingerprint density at radius 3 is 2.72 bits per heavy atom. The van der Waals surface area contributed by atoms with Crippen molar-refractivity contribution < 1.29 is 23.0 Å². The maximum absolute atomic E-state index is 14.7.